The van der Waals surface area contributed by atoms with Gasteiger partial charge in [0.2, 0.25) is 11.8 Å². The molecule has 2 amide bonds. The average Bonchev–Trinajstić information content (AvgIpc) is 2.33. The van der Waals surface area contributed by atoms with Gasteiger partial charge in [0.1, 0.15) is 16.8 Å². The standard InChI is InChI=1S/C11H12N4O2S/c12-10(18)6-3-4-13-8(5-6)14-7-1-2-9(16)15-11(7)17/h3-5,7H,1-2H2,(H2,12,18)(H,13,14)(H,15,16,17). The summed E-state index contributed by atoms with van der Waals surface area (Å²) in [5.41, 5.74) is 6.19. The fraction of sp³-hybridized carbons (Fsp3) is 0.273. The van der Waals surface area contributed by atoms with Crippen molar-refractivity contribution in [3.8, 4) is 0 Å². The molecule has 1 aliphatic rings. The fourth-order valence-corrected chi connectivity index (χ4v) is 1.80. The van der Waals surface area contributed by atoms with Gasteiger partial charge in [0.25, 0.3) is 0 Å². The van der Waals surface area contributed by atoms with Crippen LogP contribution in [0.25, 0.3) is 0 Å². The molecular weight excluding hydrogens is 252 g/mol. The van der Waals surface area contributed by atoms with Crippen molar-refractivity contribution in [2.45, 2.75) is 18.9 Å². The molecule has 94 valence electrons. The van der Waals surface area contributed by atoms with Gasteiger partial charge in [-0.25, -0.2) is 4.98 Å². The van der Waals surface area contributed by atoms with Crippen LogP contribution in [0.5, 0.6) is 0 Å². The first-order chi connectivity index (χ1) is 8.56. The van der Waals surface area contributed by atoms with E-state index in [2.05, 4.69) is 15.6 Å². The second-order valence-corrected chi connectivity index (χ2v) is 4.38. The molecule has 1 unspecified atom stereocenters. The molecule has 7 heteroatoms. The number of imide groups is 1. The van der Waals surface area contributed by atoms with Crippen LogP contribution < -0.4 is 16.4 Å². The van der Waals surface area contributed by atoms with Crippen LogP contribution in [0.2, 0.25) is 0 Å². The number of amides is 2. The summed E-state index contributed by atoms with van der Waals surface area (Å²) in [6.45, 7) is 0. The van der Waals surface area contributed by atoms with E-state index in [1.807, 2.05) is 0 Å². The van der Waals surface area contributed by atoms with E-state index in [-0.39, 0.29) is 16.8 Å². The average molecular weight is 264 g/mol. The zero-order valence-corrected chi connectivity index (χ0v) is 10.3. The Labute approximate surface area is 109 Å². The first-order valence-electron chi connectivity index (χ1n) is 5.42. The Kier molecular flexibility index (Phi) is 3.52. The zero-order chi connectivity index (χ0) is 13.1. The van der Waals surface area contributed by atoms with Crippen LogP contribution in [0, 0.1) is 0 Å². The number of rotatable bonds is 3. The molecule has 0 aliphatic carbocycles. The number of hydrogen-bond donors (Lipinski definition) is 3. The number of anilines is 1. The van der Waals surface area contributed by atoms with Crippen molar-refractivity contribution in [1.29, 1.82) is 0 Å². The third kappa shape index (κ3) is 2.80. The van der Waals surface area contributed by atoms with Gasteiger partial charge in [0, 0.05) is 18.2 Å². The monoisotopic (exact) mass is 264 g/mol. The molecule has 2 heterocycles. The van der Waals surface area contributed by atoms with E-state index in [1.54, 1.807) is 18.3 Å². The first-order valence-corrected chi connectivity index (χ1v) is 5.83. The smallest absolute Gasteiger partial charge is 0.249 e. The Morgan fingerprint density at radius 2 is 2.33 bits per heavy atom. The SMILES string of the molecule is NC(=S)c1ccnc(NC2CCC(=O)NC2=O)c1. The molecule has 0 bridgehead atoms. The first kappa shape index (κ1) is 12.4. The molecule has 18 heavy (non-hydrogen) atoms. The molecule has 0 aromatic carbocycles. The van der Waals surface area contributed by atoms with Crippen LogP contribution in [0.3, 0.4) is 0 Å². The number of nitrogens with one attached hydrogen (secondary N) is 2. The molecule has 1 aromatic rings. The summed E-state index contributed by atoms with van der Waals surface area (Å²) in [6, 6.07) is 2.90. The number of hydrogen-bond acceptors (Lipinski definition) is 5. The number of piperidine rings is 1. The van der Waals surface area contributed by atoms with Gasteiger partial charge in [0.05, 0.1) is 0 Å². The summed E-state index contributed by atoms with van der Waals surface area (Å²) < 4.78 is 0. The molecule has 2 rings (SSSR count). The van der Waals surface area contributed by atoms with Crippen molar-refractivity contribution in [1.82, 2.24) is 10.3 Å². The maximum absolute atomic E-state index is 11.6. The summed E-state index contributed by atoms with van der Waals surface area (Å²) in [7, 11) is 0. The van der Waals surface area contributed by atoms with Gasteiger partial charge in [-0.05, 0) is 18.6 Å². The lowest BCUT2D eigenvalue weighted by Gasteiger charge is -2.22. The van der Waals surface area contributed by atoms with Crippen LogP contribution in [-0.2, 0) is 9.59 Å². The normalized spacial score (nSPS) is 19.2. The van der Waals surface area contributed by atoms with E-state index in [1.165, 1.54) is 0 Å². The minimum absolute atomic E-state index is 0.247. The molecule has 1 saturated heterocycles. The lowest BCUT2D eigenvalue weighted by Crippen LogP contribution is -2.47. The Bertz CT molecular complexity index is 518. The van der Waals surface area contributed by atoms with Gasteiger partial charge in [-0.1, -0.05) is 12.2 Å². The molecule has 0 radical (unpaired) electrons. The number of pyridine rings is 1. The molecule has 1 aromatic heterocycles. The van der Waals surface area contributed by atoms with Crippen molar-refractivity contribution in [2.75, 3.05) is 5.32 Å². The molecule has 4 N–H and O–H groups in total. The summed E-state index contributed by atoms with van der Waals surface area (Å²) in [6.07, 6.45) is 2.32. The number of nitrogens with zero attached hydrogens (tertiary/aromatic N) is 1. The van der Waals surface area contributed by atoms with Crippen molar-refractivity contribution in [2.24, 2.45) is 5.73 Å². The summed E-state index contributed by atoms with van der Waals surface area (Å²) in [5.74, 6) is -0.0773. The van der Waals surface area contributed by atoms with E-state index >= 15 is 0 Å². The molecule has 1 fully saturated rings. The van der Waals surface area contributed by atoms with E-state index in [0.717, 1.165) is 0 Å². The van der Waals surface area contributed by atoms with Gasteiger partial charge in [-0.15, -0.1) is 0 Å². The number of thiocarbonyl (C=S) groups is 1. The predicted octanol–water partition coefficient (Wildman–Crippen LogP) is -0.0671. The highest BCUT2D eigenvalue weighted by atomic mass is 32.1. The second-order valence-electron chi connectivity index (χ2n) is 3.94. The second kappa shape index (κ2) is 5.09. The summed E-state index contributed by atoms with van der Waals surface area (Å²) in [5, 5.41) is 5.22. The third-order valence-electron chi connectivity index (χ3n) is 2.61. The highest BCUT2D eigenvalue weighted by Gasteiger charge is 2.26. The predicted molar refractivity (Wildman–Crippen MR) is 69.9 cm³/mol. The van der Waals surface area contributed by atoms with Crippen LogP contribution in [0.15, 0.2) is 18.3 Å². The molecule has 0 spiro atoms. The minimum Gasteiger partial charge on any atom is -0.389 e. The number of carbonyl (C=O) groups excluding carboxylic acids is 2. The molecule has 1 aliphatic heterocycles. The highest BCUT2D eigenvalue weighted by Crippen LogP contribution is 2.13. The summed E-state index contributed by atoms with van der Waals surface area (Å²) in [4.78, 5) is 26.9. The topological polar surface area (TPSA) is 97.1 Å². The summed E-state index contributed by atoms with van der Waals surface area (Å²) >= 11 is 4.86. The molecule has 1 atom stereocenters. The fourth-order valence-electron chi connectivity index (χ4n) is 1.67. The largest absolute Gasteiger partial charge is 0.389 e. The van der Waals surface area contributed by atoms with Crippen LogP contribution >= 0.6 is 12.2 Å². The molecule has 0 saturated carbocycles. The number of carbonyl (C=O) groups is 2. The van der Waals surface area contributed by atoms with Crippen molar-refractivity contribution < 1.29 is 9.59 Å². The van der Waals surface area contributed by atoms with Gasteiger partial charge >= 0.3 is 0 Å². The van der Waals surface area contributed by atoms with Crippen molar-refractivity contribution in [3.63, 3.8) is 0 Å². The van der Waals surface area contributed by atoms with Gasteiger partial charge < -0.3 is 11.1 Å². The molecule has 6 nitrogen and oxygen atoms in total. The van der Waals surface area contributed by atoms with E-state index < -0.39 is 6.04 Å². The Morgan fingerprint density at radius 3 is 3.00 bits per heavy atom. The minimum atomic E-state index is -0.461. The third-order valence-corrected chi connectivity index (χ3v) is 2.84. The lowest BCUT2D eigenvalue weighted by molar-refractivity contribution is -0.133. The van der Waals surface area contributed by atoms with Crippen LogP contribution in [0.1, 0.15) is 18.4 Å². The molecular formula is C11H12N4O2S. The maximum Gasteiger partial charge on any atom is 0.249 e. The van der Waals surface area contributed by atoms with Crippen LogP contribution in [-0.4, -0.2) is 27.8 Å². The van der Waals surface area contributed by atoms with E-state index in [4.69, 9.17) is 18.0 Å². The maximum atomic E-state index is 11.6. The Balaban J connectivity index is 2.09. The highest BCUT2D eigenvalue weighted by molar-refractivity contribution is 7.80. The van der Waals surface area contributed by atoms with Gasteiger partial charge in [-0.3, -0.25) is 14.9 Å². The van der Waals surface area contributed by atoms with E-state index in [9.17, 15) is 9.59 Å². The van der Waals surface area contributed by atoms with Gasteiger partial charge in [-0.2, -0.15) is 0 Å². The van der Waals surface area contributed by atoms with Gasteiger partial charge in [0.15, 0.2) is 0 Å². The quantitative estimate of drug-likeness (QED) is 0.522. The number of nitrogens with two attached hydrogens (primary N) is 1. The zero-order valence-electron chi connectivity index (χ0n) is 9.47. The van der Waals surface area contributed by atoms with Crippen molar-refractivity contribution in [3.05, 3.63) is 23.9 Å². The van der Waals surface area contributed by atoms with Crippen LogP contribution in [0.4, 0.5) is 5.82 Å². The number of aromatic nitrogens is 1. The van der Waals surface area contributed by atoms with E-state index in [0.29, 0.717) is 24.2 Å². The van der Waals surface area contributed by atoms with Crippen molar-refractivity contribution >= 4 is 34.8 Å². The Morgan fingerprint density at radius 1 is 1.56 bits per heavy atom. The Hall–Kier alpha value is -2.02. The lowest BCUT2D eigenvalue weighted by atomic mass is 10.1.